The van der Waals surface area contributed by atoms with Gasteiger partial charge in [-0.1, -0.05) is 12.8 Å². The zero-order chi connectivity index (χ0) is 15.3. The van der Waals surface area contributed by atoms with Crippen molar-refractivity contribution in [2.24, 2.45) is 0 Å². The summed E-state index contributed by atoms with van der Waals surface area (Å²) < 4.78 is 15.3. The number of carbonyl (C=O) groups excluding carboxylic acids is 2. The van der Waals surface area contributed by atoms with Gasteiger partial charge in [-0.15, -0.1) is 0 Å². The van der Waals surface area contributed by atoms with Gasteiger partial charge in [-0.3, -0.25) is 0 Å². The van der Waals surface area contributed by atoms with E-state index in [-0.39, 0.29) is 0 Å². The number of hydrogen-bond donors (Lipinski definition) is 0. The Labute approximate surface area is 126 Å². The second-order valence-corrected chi connectivity index (χ2v) is 6.83. The van der Waals surface area contributed by atoms with Gasteiger partial charge in [0.1, 0.15) is 11.2 Å². The van der Waals surface area contributed by atoms with E-state index in [9.17, 15) is 9.59 Å². The Morgan fingerprint density at radius 1 is 0.667 bits per heavy atom. The summed E-state index contributed by atoms with van der Waals surface area (Å²) in [5.41, 5.74) is -1.02. The average molecular weight is 298 g/mol. The minimum Gasteiger partial charge on any atom is -0.428 e. The summed E-state index contributed by atoms with van der Waals surface area (Å²) in [6, 6.07) is 0. The molecule has 0 aliphatic heterocycles. The summed E-state index contributed by atoms with van der Waals surface area (Å²) in [5.74, 6) is 0. The van der Waals surface area contributed by atoms with Crippen molar-refractivity contribution in [1.29, 1.82) is 0 Å². The highest BCUT2D eigenvalue weighted by Crippen LogP contribution is 2.33. The van der Waals surface area contributed by atoms with Gasteiger partial charge in [0.15, 0.2) is 0 Å². The van der Waals surface area contributed by atoms with E-state index in [1.807, 2.05) is 13.8 Å². The maximum absolute atomic E-state index is 11.7. The Morgan fingerprint density at radius 3 is 1.33 bits per heavy atom. The molecule has 2 aliphatic carbocycles. The lowest BCUT2D eigenvalue weighted by molar-refractivity contribution is -0.0646. The fourth-order valence-corrected chi connectivity index (χ4v) is 3.32. The first-order valence-electron chi connectivity index (χ1n) is 8.05. The van der Waals surface area contributed by atoms with Gasteiger partial charge >= 0.3 is 12.3 Å². The molecule has 2 rings (SSSR count). The van der Waals surface area contributed by atoms with Crippen LogP contribution in [0.1, 0.15) is 78.1 Å². The van der Waals surface area contributed by atoms with Gasteiger partial charge < -0.3 is 14.2 Å². The second-order valence-electron chi connectivity index (χ2n) is 6.83. The molecule has 5 heteroatoms. The van der Waals surface area contributed by atoms with Crippen LogP contribution in [0.15, 0.2) is 0 Å². The van der Waals surface area contributed by atoms with Crippen molar-refractivity contribution in [1.82, 2.24) is 0 Å². The van der Waals surface area contributed by atoms with Gasteiger partial charge in [-0.2, -0.15) is 0 Å². The normalized spacial score (nSPS) is 23.9. The van der Waals surface area contributed by atoms with Crippen LogP contribution in [-0.4, -0.2) is 23.5 Å². The Kier molecular flexibility index (Phi) is 5.12. The molecule has 0 saturated heterocycles. The summed E-state index contributed by atoms with van der Waals surface area (Å²) >= 11 is 0. The molecule has 0 N–H and O–H groups in total. The Hall–Kier alpha value is -1.26. The van der Waals surface area contributed by atoms with Crippen LogP contribution in [0.3, 0.4) is 0 Å². The van der Waals surface area contributed by atoms with Crippen LogP contribution in [0.4, 0.5) is 9.59 Å². The molecule has 0 radical (unpaired) electrons. The van der Waals surface area contributed by atoms with Gasteiger partial charge in [-0.25, -0.2) is 9.59 Å². The predicted octanol–water partition coefficient (Wildman–Crippen LogP) is 4.72. The molecule has 0 aromatic heterocycles. The molecule has 0 heterocycles. The molecule has 2 saturated carbocycles. The van der Waals surface area contributed by atoms with Gasteiger partial charge in [-0.05, 0) is 65.2 Å². The van der Waals surface area contributed by atoms with E-state index in [1.54, 1.807) is 0 Å². The number of ether oxygens (including phenoxy) is 3. The first kappa shape index (κ1) is 16.1. The molecule has 120 valence electrons. The molecule has 0 aromatic rings. The van der Waals surface area contributed by atoms with Crippen LogP contribution >= 0.6 is 0 Å². The monoisotopic (exact) mass is 298 g/mol. The minimum absolute atomic E-state index is 0.510. The van der Waals surface area contributed by atoms with Crippen LogP contribution in [0, 0.1) is 0 Å². The van der Waals surface area contributed by atoms with Crippen LogP contribution < -0.4 is 0 Å². The standard InChI is InChI=1S/C16H26O5/c1-15(9-5-3-6-10-15)20-13(17)19-14(18)21-16(2)11-7-4-8-12-16/h3-12H2,1-2H3. The molecule has 21 heavy (non-hydrogen) atoms. The van der Waals surface area contributed by atoms with Gasteiger partial charge in [0, 0.05) is 0 Å². The van der Waals surface area contributed by atoms with E-state index >= 15 is 0 Å². The van der Waals surface area contributed by atoms with E-state index in [2.05, 4.69) is 4.74 Å². The molecule has 0 unspecified atom stereocenters. The first-order valence-corrected chi connectivity index (χ1v) is 8.05. The Morgan fingerprint density at radius 2 is 1.00 bits per heavy atom. The smallest absolute Gasteiger partial charge is 0.428 e. The third kappa shape index (κ3) is 4.90. The number of carbonyl (C=O) groups is 2. The van der Waals surface area contributed by atoms with Gasteiger partial charge in [0.05, 0.1) is 0 Å². The Balaban J connectivity index is 1.77. The van der Waals surface area contributed by atoms with E-state index in [0.29, 0.717) is 0 Å². The summed E-state index contributed by atoms with van der Waals surface area (Å²) in [6.45, 7) is 3.78. The lowest BCUT2D eigenvalue weighted by Crippen LogP contribution is -2.37. The summed E-state index contributed by atoms with van der Waals surface area (Å²) in [7, 11) is 0. The predicted molar refractivity (Wildman–Crippen MR) is 77.0 cm³/mol. The van der Waals surface area contributed by atoms with E-state index in [0.717, 1.165) is 64.2 Å². The summed E-state index contributed by atoms with van der Waals surface area (Å²) in [6.07, 6.45) is 7.83. The van der Waals surface area contributed by atoms with E-state index < -0.39 is 23.5 Å². The van der Waals surface area contributed by atoms with E-state index in [1.165, 1.54) is 0 Å². The van der Waals surface area contributed by atoms with Crippen molar-refractivity contribution >= 4 is 12.3 Å². The molecule has 0 aromatic carbocycles. The van der Waals surface area contributed by atoms with E-state index in [4.69, 9.17) is 9.47 Å². The highest BCUT2D eigenvalue weighted by Gasteiger charge is 2.35. The quantitative estimate of drug-likeness (QED) is 0.545. The fraction of sp³-hybridized carbons (Fsp3) is 0.875. The largest absolute Gasteiger partial charge is 0.519 e. The van der Waals surface area contributed by atoms with Crippen LogP contribution in [0.2, 0.25) is 0 Å². The highest BCUT2D eigenvalue weighted by atomic mass is 16.8. The van der Waals surface area contributed by atoms with Crippen LogP contribution in [-0.2, 0) is 14.2 Å². The second kappa shape index (κ2) is 6.67. The molecule has 0 bridgehead atoms. The van der Waals surface area contributed by atoms with Crippen molar-refractivity contribution in [3.8, 4) is 0 Å². The van der Waals surface area contributed by atoms with Crippen LogP contribution in [0.5, 0.6) is 0 Å². The molecular weight excluding hydrogens is 272 g/mol. The third-order valence-electron chi connectivity index (χ3n) is 4.65. The molecule has 0 atom stereocenters. The van der Waals surface area contributed by atoms with Gasteiger partial charge in [0.25, 0.3) is 0 Å². The van der Waals surface area contributed by atoms with Crippen molar-refractivity contribution in [2.75, 3.05) is 0 Å². The molecular formula is C16H26O5. The fourth-order valence-electron chi connectivity index (χ4n) is 3.32. The third-order valence-corrected chi connectivity index (χ3v) is 4.65. The number of hydrogen-bond acceptors (Lipinski definition) is 5. The van der Waals surface area contributed by atoms with Gasteiger partial charge in [0.2, 0.25) is 0 Å². The Bertz CT molecular complexity index is 342. The zero-order valence-corrected chi connectivity index (χ0v) is 13.1. The van der Waals surface area contributed by atoms with Crippen molar-refractivity contribution in [2.45, 2.75) is 89.3 Å². The van der Waals surface area contributed by atoms with Crippen molar-refractivity contribution < 1.29 is 23.8 Å². The summed E-state index contributed by atoms with van der Waals surface area (Å²) in [4.78, 5) is 23.5. The SMILES string of the molecule is CC1(OC(=O)OC(=O)OC2(C)CCCCC2)CCCCC1. The zero-order valence-electron chi connectivity index (χ0n) is 13.1. The van der Waals surface area contributed by atoms with Crippen LogP contribution in [0.25, 0.3) is 0 Å². The maximum Gasteiger partial charge on any atom is 0.519 e. The maximum atomic E-state index is 11.7. The summed E-state index contributed by atoms with van der Waals surface area (Å²) in [5, 5.41) is 0. The molecule has 0 spiro atoms. The molecule has 5 nitrogen and oxygen atoms in total. The highest BCUT2D eigenvalue weighted by molar-refractivity contribution is 5.77. The lowest BCUT2D eigenvalue weighted by atomic mass is 9.86. The minimum atomic E-state index is -0.941. The van der Waals surface area contributed by atoms with Crippen molar-refractivity contribution in [3.63, 3.8) is 0 Å². The topological polar surface area (TPSA) is 61.8 Å². The number of rotatable bonds is 2. The first-order chi connectivity index (χ1) is 9.91. The van der Waals surface area contributed by atoms with Crippen molar-refractivity contribution in [3.05, 3.63) is 0 Å². The molecule has 2 aliphatic rings. The lowest BCUT2D eigenvalue weighted by Gasteiger charge is -2.33. The molecule has 0 amide bonds. The molecule has 2 fully saturated rings. The average Bonchev–Trinajstić information content (AvgIpc) is 2.38.